The summed E-state index contributed by atoms with van der Waals surface area (Å²) < 4.78 is 5.64. The van der Waals surface area contributed by atoms with Crippen LogP contribution in [0.1, 0.15) is 24.2 Å². The third kappa shape index (κ3) is 5.48. The molecule has 2 amide bonds. The molecular formula is C21H24N2O3. The molecule has 0 radical (unpaired) electrons. The predicted molar refractivity (Wildman–Crippen MR) is 103 cm³/mol. The topological polar surface area (TPSA) is 58.6 Å². The maximum absolute atomic E-state index is 12.5. The van der Waals surface area contributed by atoms with Crippen LogP contribution in [-0.2, 0) is 4.79 Å². The molecule has 0 spiro atoms. The van der Waals surface area contributed by atoms with Crippen molar-refractivity contribution < 1.29 is 14.3 Å². The van der Waals surface area contributed by atoms with Crippen LogP contribution in [0.25, 0.3) is 0 Å². The van der Waals surface area contributed by atoms with Crippen molar-refractivity contribution >= 4 is 17.5 Å². The van der Waals surface area contributed by atoms with Crippen molar-refractivity contribution in [1.82, 2.24) is 4.90 Å². The second kappa shape index (κ2) is 9.42. The number of rotatable bonds is 8. The number of likely N-dealkylation sites (N-methyl/N-ethyl adjacent to an activating group) is 1. The average molecular weight is 352 g/mol. The summed E-state index contributed by atoms with van der Waals surface area (Å²) in [6, 6.07) is 16.1. The number of hydrogen-bond acceptors (Lipinski definition) is 3. The summed E-state index contributed by atoms with van der Waals surface area (Å²) in [4.78, 5) is 26.5. The van der Waals surface area contributed by atoms with E-state index in [0.717, 1.165) is 5.57 Å². The molecule has 2 rings (SSSR count). The molecule has 5 nitrogen and oxygen atoms in total. The summed E-state index contributed by atoms with van der Waals surface area (Å²) in [5.74, 6) is -0.0528. The number of amides is 2. The highest BCUT2D eigenvalue weighted by Gasteiger charge is 2.16. The van der Waals surface area contributed by atoms with Gasteiger partial charge in [-0.1, -0.05) is 42.5 Å². The van der Waals surface area contributed by atoms with Crippen molar-refractivity contribution in [1.29, 1.82) is 0 Å². The van der Waals surface area contributed by atoms with Gasteiger partial charge in [0.2, 0.25) is 0 Å². The second-order valence-corrected chi connectivity index (χ2v) is 5.97. The van der Waals surface area contributed by atoms with Crippen LogP contribution in [0.4, 0.5) is 5.69 Å². The Balaban J connectivity index is 2.05. The first-order valence-electron chi connectivity index (χ1n) is 8.51. The summed E-state index contributed by atoms with van der Waals surface area (Å²) in [5.41, 5.74) is 1.98. The SMILES string of the molecule is C=C(C)CN(CC)C(=O)COc1ccccc1C(=O)Nc1ccccc1. The Hall–Kier alpha value is -3.08. The van der Waals surface area contributed by atoms with Crippen molar-refractivity contribution in [3.05, 3.63) is 72.3 Å². The van der Waals surface area contributed by atoms with Gasteiger partial charge >= 0.3 is 0 Å². The van der Waals surface area contributed by atoms with Crippen molar-refractivity contribution in [2.24, 2.45) is 0 Å². The van der Waals surface area contributed by atoms with Gasteiger partial charge in [-0.25, -0.2) is 0 Å². The Bertz CT molecular complexity index is 772. The first-order chi connectivity index (χ1) is 12.5. The number of nitrogens with zero attached hydrogens (tertiary/aromatic N) is 1. The third-order valence-electron chi connectivity index (χ3n) is 3.71. The van der Waals surface area contributed by atoms with E-state index in [4.69, 9.17) is 4.74 Å². The van der Waals surface area contributed by atoms with Gasteiger partial charge in [0.15, 0.2) is 6.61 Å². The monoisotopic (exact) mass is 352 g/mol. The highest BCUT2D eigenvalue weighted by atomic mass is 16.5. The Morgan fingerprint density at radius 2 is 1.73 bits per heavy atom. The van der Waals surface area contributed by atoms with Crippen molar-refractivity contribution in [2.75, 3.05) is 25.0 Å². The Labute approximate surface area is 154 Å². The van der Waals surface area contributed by atoms with Gasteiger partial charge in [0, 0.05) is 18.8 Å². The molecule has 0 aliphatic rings. The number of anilines is 1. The van der Waals surface area contributed by atoms with Crippen molar-refractivity contribution in [2.45, 2.75) is 13.8 Å². The van der Waals surface area contributed by atoms with Crippen LogP contribution in [0.5, 0.6) is 5.75 Å². The third-order valence-corrected chi connectivity index (χ3v) is 3.71. The standard InChI is InChI=1S/C21H24N2O3/c1-4-23(14-16(2)3)20(24)15-26-19-13-9-8-12-18(19)21(25)22-17-10-6-5-7-11-17/h5-13H,2,4,14-15H2,1,3H3,(H,22,25). The van der Waals surface area contributed by atoms with Crippen LogP contribution in [0.2, 0.25) is 0 Å². The van der Waals surface area contributed by atoms with Crippen molar-refractivity contribution in [3.8, 4) is 5.75 Å². The first kappa shape index (κ1) is 19.2. The smallest absolute Gasteiger partial charge is 0.260 e. The van der Waals surface area contributed by atoms with Crippen molar-refractivity contribution in [3.63, 3.8) is 0 Å². The molecule has 0 unspecified atom stereocenters. The lowest BCUT2D eigenvalue weighted by Crippen LogP contribution is -2.36. The molecule has 136 valence electrons. The largest absolute Gasteiger partial charge is 0.483 e. The average Bonchev–Trinajstić information content (AvgIpc) is 2.65. The van der Waals surface area contributed by atoms with E-state index in [-0.39, 0.29) is 18.4 Å². The minimum atomic E-state index is -0.284. The molecule has 1 N–H and O–H groups in total. The molecule has 2 aromatic carbocycles. The lowest BCUT2D eigenvalue weighted by molar-refractivity contribution is -0.132. The zero-order valence-corrected chi connectivity index (χ0v) is 15.2. The van der Waals surface area contributed by atoms with E-state index in [9.17, 15) is 9.59 Å². The van der Waals surface area contributed by atoms with E-state index >= 15 is 0 Å². The highest BCUT2D eigenvalue weighted by Crippen LogP contribution is 2.20. The fourth-order valence-electron chi connectivity index (χ4n) is 2.43. The van der Waals surface area contributed by atoms with Crippen LogP contribution in [0.15, 0.2) is 66.7 Å². The molecule has 2 aromatic rings. The molecule has 0 fully saturated rings. The van der Waals surface area contributed by atoms with Crippen LogP contribution in [0, 0.1) is 0 Å². The van der Waals surface area contributed by atoms with Gasteiger partial charge in [-0.2, -0.15) is 0 Å². The number of nitrogens with one attached hydrogen (secondary N) is 1. The van der Waals surface area contributed by atoms with Crippen LogP contribution >= 0.6 is 0 Å². The maximum atomic E-state index is 12.5. The van der Waals surface area contributed by atoms with Gasteiger partial charge in [-0.3, -0.25) is 9.59 Å². The Morgan fingerprint density at radius 3 is 2.38 bits per heavy atom. The molecule has 5 heteroatoms. The molecule has 26 heavy (non-hydrogen) atoms. The summed E-state index contributed by atoms with van der Waals surface area (Å²) in [7, 11) is 0. The van der Waals surface area contributed by atoms with E-state index in [0.29, 0.717) is 30.1 Å². The van der Waals surface area contributed by atoms with E-state index in [1.807, 2.05) is 44.2 Å². The molecule has 0 bridgehead atoms. The van der Waals surface area contributed by atoms with E-state index in [1.54, 1.807) is 29.2 Å². The normalized spacial score (nSPS) is 10.1. The van der Waals surface area contributed by atoms with Gasteiger partial charge in [0.25, 0.3) is 11.8 Å². The van der Waals surface area contributed by atoms with Crippen LogP contribution in [0.3, 0.4) is 0 Å². The second-order valence-electron chi connectivity index (χ2n) is 5.97. The van der Waals surface area contributed by atoms with E-state index in [1.165, 1.54) is 0 Å². The van der Waals surface area contributed by atoms with Gasteiger partial charge in [0.1, 0.15) is 5.75 Å². The Morgan fingerprint density at radius 1 is 1.08 bits per heavy atom. The molecular weight excluding hydrogens is 328 g/mol. The van der Waals surface area contributed by atoms with Gasteiger partial charge in [-0.15, -0.1) is 0 Å². The molecule has 0 heterocycles. The summed E-state index contributed by atoms with van der Waals surface area (Å²) in [6.45, 7) is 8.55. The fourth-order valence-corrected chi connectivity index (χ4v) is 2.43. The lowest BCUT2D eigenvalue weighted by atomic mass is 10.2. The van der Waals surface area contributed by atoms with E-state index < -0.39 is 0 Å². The number of para-hydroxylation sites is 2. The number of carbonyl (C=O) groups excluding carboxylic acids is 2. The predicted octanol–water partition coefficient (Wildman–Crippen LogP) is 3.74. The minimum absolute atomic E-state index is 0.128. The summed E-state index contributed by atoms with van der Waals surface area (Å²) in [6.07, 6.45) is 0. The quantitative estimate of drug-likeness (QED) is 0.736. The highest BCUT2D eigenvalue weighted by molar-refractivity contribution is 6.06. The number of benzene rings is 2. The molecule has 0 saturated heterocycles. The van der Waals surface area contributed by atoms with Gasteiger partial charge in [0.05, 0.1) is 5.56 Å². The van der Waals surface area contributed by atoms with Gasteiger partial charge < -0.3 is 15.0 Å². The first-order valence-corrected chi connectivity index (χ1v) is 8.51. The number of hydrogen-bond donors (Lipinski definition) is 1. The Kier molecular flexibility index (Phi) is 6.97. The number of carbonyl (C=O) groups is 2. The van der Waals surface area contributed by atoms with E-state index in [2.05, 4.69) is 11.9 Å². The molecule has 0 atom stereocenters. The van der Waals surface area contributed by atoms with Crippen LogP contribution < -0.4 is 10.1 Å². The molecule has 0 aromatic heterocycles. The molecule has 0 aliphatic carbocycles. The summed E-state index contributed by atoms with van der Waals surface area (Å²) in [5, 5.41) is 2.82. The molecule has 0 saturated carbocycles. The van der Waals surface area contributed by atoms with Gasteiger partial charge in [-0.05, 0) is 38.1 Å². The fraction of sp³-hybridized carbons (Fsp3) is 0.238. The lowest BCUT2D eigenvalue weighted by Gasteiger charge is -2.21. The zero-order chi connectivity index (χ0) is 18.9. The van der Waals surface area contributed by atoms with Crippen LogP contribution in [-0.4, -0.2) is 36.4 Å². The number of ether oxygens (including phenoxy) is 1. The minimum Gasteiger partial charge on any atom is -0.483 e. The zero-order valence-electron chi connectivity index (χ0n) is 15.2. The summed E-state index contributed by atoms with van der Waals surface area (Å²) >= 11 is 0. The maximum Gasteiger partial charge on any atom is 0.260 e. The molecule has 0 aliphatic heterocycles.